The zero-order chi connectivity index (χ0) is 6.53. The van der Waals surface area contributed by atoms with Crippen LogP contribution in [-0.4, -0.2) is 40.9 Å². The van der Waals surface area contributed by atoms with Crippen molar-refractivity contribution in [3.05, 3.63) is 0 Å². The molecular weight excluding hydrogens is 138 g/mol. The van der Waals surface area contributed by atoms with Gasteiger partial charge in [0.15, 0.2) is 0 Å². The first-order valence-corrected chi connectivity index (χ1v) is 3.68. The van der Waals surface area contributed by atoms with Crippen LogP contribution in [-0.2, 0) is 16.0 Å². The van der Waals surface area contributed by atoms with E-state index in [4.69, 9.17) is 4.74 Å². The lowest BCUT2D eigenvalue weighted by atomic mass is 10.5. The predicted octanol–water partition coefficient (Wildman–Crippen LogP) is -0.709. The summed E-state index contributed by atoms with van der Waals surface area (Å²) in [6.45, 7) is 3.21. The Morgan fingerprint density at radius 1 is 1.44 bits per heavy atom. The number of hydrogen-bond acceptors (Lipinski definition) is 2. The molecule has 0 unspecified atom stereocenters. The van der Waals surface area contributed by atoms with Crippen LogP contribution in [0.3, 0.4) is 0 Å². The molecule has 4 heteroatoms. The minimum Gasteiger partial charge on any atom is -0.379 e. The fourth-order valence-electron chi connectivity index (χ4n) is 0.744. The maximum Gasteiger partial charge on any atom is 0.101 e. The first kappa shape index (κ1) is 6.92. The topological polar surface area (TPSA) is 29.5 Å². The van der Waals surface area contributed by atoms with Crippen LogP contribution in [0.1, 0.15) is 0 Å². The Bertz CT molecular complexity index is 127. The summed E-state index contributed by atoms with van der Waals surface area (Å²) in [6, 6.07) is 0. The minimum atomic E-state index is 0.504. The van der Waals surface area contributed by atoms with Crippen molar-refractivity contribution in [3.63, 3.8) is 0 Å². The molecule has 1 aliphatic rings. The number of hydrogen-bond donors (Lipinski definition) is 0. The van der Waals surface area contributed by atoms with E-state index in [0.717, 1.165) is 26.3 Å². The number of morpholine rings is 1. The van der Waals surface area contributed by atoms with Gasteiger partial charge >= 0.3 is 0 Å². The summed E-state index contributed by atoms with van der Waals surface area (Å²) in [6.07, 6.45) is 0. The summed E-state index contributed by atoms with van der Waals surface area (Å²) in [4.78, 5) is 1.97. The third-order valence-corrected chi connectivity index (χ3v) is 1.62. The smallest absolute Gasteiger partial charge is 0.101 e. The fourth-order valence-corrected chi connectivity index (χ4v) is 1.08. The zero-order valence-corrected chi connectivity index (χ0v) is 5.89. The number of rotatable bonds is 1. The van der Waals surface area contributed by atoms with E-state index in [9.17, 15) is 4.21 Å². The Morgan fingerprint density at radius 2 is 2.11 bits per heavy atom. The molecule has 0 N–H and O–H groups in total. The Balaban J connectivity index is 2.31. The lowest BCUT2D eigenvalue weighted by Gasteiger charge is -2.20. The van der Waals surface area contributed by atoms with Gasteiger partial charge < -0.3 is 4.74 Å². The molecule has 0 aromatic heterocycles. The Labute approximate surface area is 57.7 Å². The quantitative estimate of drug-likeness (QED) is 0.459. The monoisotopic (exact) mass is 147 g/mol. The zero-order valence-electron chi connectivity index (χ0n) is 5.08. The minimum absolute atomic E-state index is 0.504. The molecule has 0 atom stereocenters. The van der Waals surface area contributed by atoms with Gasteiger partial charge in [-0.3, -0.25) is 4.90 Å². The van der Waals surface area contributed by atoms with Gasteiger partial charge in [-0.05, 0) is 0 Å². The average Bonchev–Trinajstić information content (AvgIpc) is 1.91. The number of nitrogens with zero attached hydrogens (tertiary/aromatic N) is 1. The van der Waals surface area contributed by atoms with Crippen LogP contribution < -0.4 is 0 Å². The van der Waals surface area contributed by atoms with E-state index in [2.05, 4.69) is 0 Å². The van der Waals surface area contributed by atoms with E-state index in [1.807, 2.05) is 4.90 Å². The van der Waals surface area contributed by atoms with Crippen molar-refractivity contribution < 1.29 is 8.95 Å². The third-order valence-electron chi connectivity index (χ3n) is 1.24. The van der Waals surface area contributed by atoms with E-state index < -0.39 is 0 Å². The first-order chi connectivity index (χ1) is 4.43. The summed E-state index contributed by atoms with van der Waals surface area (Å²) < 4.78 is 15.0. The average molecular weight is 147 g/mol. The SMILES string of the molecule is O=S=CN1CCOCC1. The van der Waals surface area contributed by atoms with E-state index >= 15 is 0 Å². The lowest BCUT2D eigenvalue weighted by molar-refractivity contribution is 0.0709. The predicted molar refractivity (Wildman–Crippen MR) is 36.6 cm³/mol. The van der Waals surface area contributed by atoms with Gasteiger partial charge in [-0.15, -0.1) is 0 Å². The maximum absolute atomic E-state index is 9.98. The van der Waals surface area contributed by atoms with Crippen molar-refractivity contribution in [1.29, 1.82) is 0 Å². The second-order valence-electron chi connectivity index (χ2n) is 1.85. The van der Waals surface area contributed by atoms with Crippen LogP contribution in [0, 0.1) is 0 Å². The van der Waals surface area contributed by atoms with Gasteiger partial charge in [-0.2, -0.15) is 0 Å². The maximum atomic E-state index is 9.98. The second kappa shape index (κ2) is 3.76. The van der Waals surface area contributed by atoms with Gasteiger partial charge in [0, 0.05) is 13.1 Å². The molecule has 1 heterocycles. The highest BCUT2D eigenvalue weighted by atomic mass is 32.1. The summed E-state index contributed by atoms with van der Waals surface area (Å²) in [5.74, 6) is 0. The molecule has 52 valence electrons. The molecule has 0 bridgehead atoms. The summed E-state index contributed by atoms with van der Waals surface area (Å²) in [5.41, 5.74) is 1.60. The van der Waals surface area contributed by atoms with E-state index in [-0.39, 0.29) is 0 Å². The number of ether oxygens (including phenoxy) is 1. The second-order valence-corrected chi connectivity index (χ2v) is 2.25. The highest BCUT2D eigenvalue weighted by Gasteiger charge is 2.05. The van der Waals surface area contributed by atoms with Gasteiger partial charge in [0.1, 0.15) is 11.3 Å². The summed E-state index contributed by atoms with van der Waals surface area (Å²) in [7, 11) is 0. The van der Waals surface area contributed by atoms with Crippen LogP contribution in [0.2, 0.25) is 0 Å². The van der Waals surface area contributed by atoms with E-state index in [1.54, 1.807) is 5.49 Å². The lowest BCUT2D eigenvalue weighted by Crippen LogP contribution is -2.34. The molecule has 0 aromatic rings. The van der Waals surface area contributed by atoms with Gasteiger partial charge in [-0.25, -0.2) is 4.21 Å². The third kappa shape index (κ3) is 2.26. The molecule has 1 fully saturated rings. The summed E-state index contributed by atoms with van der Waals surface area (Å²) >= 11 is 0.504. The van der Waals surface area contributed by atoms with Crippen LogP contribution in [0.5, 0.6) is 0 Å². The molecule has 0 spiro atoms. The highest BCUT2D eigenvalue weighted by molar-refractivity contribution is 7.64. The van der Waals surface area contributed by atoms with Crippen LogP contribution in [0.25, 0.3) is 0 Å². The van der Waals surface area contributed by atoms with Crippen molar-refractivity contribution in [2.24, 2.45) is 0 Å². The van der Waals surface area contributed by atoms with Gasteiger partial charge in [-0.1, -0.05) is 0 Å². The van der Waals surface area contributed by atoms with E-state index in [1.165, 1.54) is 0 Å². The van der Waals surface area contributed by atoms with Crippen LogP contribution in [0.15, 0.2) is 0 Å². The molecule has 0 amide bonds. The van der Waals surface area contributed by atoms with Crippen molar-refractivity contribution in [2.75, 3.05) is 26.3 Å². The van der Waals surface area contributed by atoms with Crippen molar-refractivity contribution in [2.45, 2.75) is 0 Å². The van der Waals surface area contributed by atoms with Crippen LogP contribution in [0.4, 0.5) is 0 Å². The first-order valence-electron chi connectivity index (χ1n) is 2.87. The molecular formula is C5H9NO2S. The standard InChI is InChI=1S/C5H9NO2S/c7-9-5-6-1-3-8-4-2-6/h5H,1-4H2. The Kier molecular flexibility index (Phi) is 2.90. The van der Waals surface area contributed by atoms with E-state index in [0.29, 0.717) is 11.3 Å². The van der Waals surface area contributed by atoms with Crippen LogP contribution >= 0.6 is 0 Å². The van der Waals surface area contributed by atoms with Gasteiger partial charge in [0.25, 0.3) is 0 Å². The van der Waals surface area contributed by atoms with Crippen molar-refractivity contribution >= 4 is 16.7 Å². The highest BCUT2D eigenvalue weighted by Crippen LogP contribution is 1.90. The molecule has 0 radical (unpaired) electrons. The molecule has 3 nitrogen and oxygen atoms in total. The van der Waals surface area contributed by atoms with Crippen molar-refractivity contribution in [3.8, 4) is 0 Å². The largest absolute Gasteiger partial charge is 0.379 e. The van der Waals surface area contributed by atoms with Crippen molar-refractivity contribution in [1.82, 2.24) is 4.90 Å². The molecule has 0 aromatic carbocycles. The Morgan fingerprint density at radius 3 is 2.67 bits per heavy atom. The molecule has 1 aliphatic heterocycles. The van der Waals surface area contributed by atoms with Gasteiger partial charge in [0.05, 0.1) is 18.7 Å². The van der Waals surface area contributed by atoms with Gasteiger partial charge in [0.2, 0.25) is 0 Å². The molecule has 1 rings (SSSR count). The fraction of sp³-hybridized carbons (Fsp3) is 0.800. The summed E-state index contributed by atoms with van der Waals surface area (Å²) in [5, 5.41) is 0. The molecule has 1 saturated heterocycles. The molecule has 0 aliphatic carbocycles. The Hall–Kier alpha value is -0.190. The molecule has 0 saturated carbocycles. The molecule has 9 heavy (non-hydrogen) atoms. The normalized spacial score (nSPS) is 21.3.